The molecule has 0 bridgehead atoms. The summed E-state index contributed by atoms with van der Waals surface area (Å²) < 4.78 is 0. The summed E-state index contributed by atoms with van der Waals surface area (Å²) >= 11 is 0. The topological polar surface area (TPSA) is 86.6 Å². The molecule has 0 aromatic heterocycles. The van der Waals surface area contributed by atoms with Crippen molar-refractivity contribution in [1.29, 1.82) is 0 Å². The predicted octanol–water partition coefficient (Wildman–Crippen LogP) is 2.45. The van der Waals surface area contributed by atoms with Gasteiger partial charge in [0.15, 0.2) is 0 Å². The van der Waals surface area contributed by atoms with Crippen LogP contribution in [-0.4, -0.2) is 28.7 Å². The number of nitrogens with one attached hydrogen (secondary N) is 1. The zero-order valence-electron chi connectivity index (χ0n) is 13.0. The molecule has 0 aromatic rings. The standard InChI is InChI=1S/C16H27NO4/c1-16(2)11-12(16)14(19)17-13(15(20)21)9-7-5-3-4-6-8-10-18/h9,12,18H,3-8,10-11H2,1-2H3,(H,17,19)(H,20,21). The summed E-state index contributed by atoms with van der Waals surface area (Å²) in [5.41, 5.74) is -0.00140. The molecule has 1 rings (SSSR count). The van der Waals surface area contributed by atoms with Gasteiger partial charge in [-0.2, -0.15) is 0 Å². The second kappa shape index (κ2) is 8.17. The number of aliphatic hydroxyl groups is 1. The molecule has 21 heavy (non-hydrogen) atoms. The second-order valence-electron chi connectivity index (χ2n) is 6.44. The first-order valence-corrected chi connectivity index (χ1v) is 7.73. The third-order valence-electron chi connectivity index (χ3n) is 4.03. The van der Waals surface area contributed by atoms with Crippen LogP contribution in [0.2, 0.25) is 0 Å². The summed E-state index contributed by atoms with van der Waals surface area (Å²) in [5, 5.41) is 20.3. The number of carbonyl (C=O) groups is 2. The largest absolute Gasteiger partial charge is 0.477 e. The van der Waals surface area contributed by atoms with Crippen LogP contribution in [0.15, 0.2) is 11.8 Å². The Bertz CT molecular complexity index is 401. The number of carbonyl (C=O) groups excluding carboxylic acids is 1. The summed E-state index contributed by atoms with van der Waals surface area (Å²) in [5.74, 6) is -1.34. The van der Waals surface area contributed by atoms with E-state index in [1.807, 2.05) is 13.8 Å². The lowest BCUT2D eigenvalue weighted by molar-refractivity contribution is -0.135. The Morgan fingerprint density at radius 3 is 2.29 bits per heavy atom. The predicted molar refractivity (Wildman–Crippen MR) is 80.5 cm³/mol. The molecule has 120 valence electrons. The van der Waals surface area contributed by atoms with Gasteiger partial charge in [0.2, 0.25) is 5.91 Å². The molecule has 1 unspecified atom stereocenters. The van der Waals surface area contributed by atoms with E-state index in [1.54, 1.807) is 6.08 Å². The molecule has 0 radical (unpaired) electrons. The average Bonchev–Trinajstić information content (AvgIpc) is 3.05. The van der Waals surface area contributed by atoms with Crippen LogP contribution in [0.25, 0.3) is 0 Å². The van der Waals surface area contributed by atoms with Crippen LogP contribution in [0.1, 0.15) is 58.8 Å². The molecular weight excluding hydrogens is 270 g/mol. The van der Waals surface area contributed by atoms with E-state index < -0.39 is 5.97 Å². The summed E-state index contributed by atoms with van der Waals surface area (Å²) in [4.78, 5) is 23.0. The fraction of sp³-hybridized carbons (Fsp3) is 0.750. The van der Waals surface area contributed by atoms with E-state index in [-0.39, 0.29) is 29.5 Å². The Balaban J connectivity index is 2.31. The first-order chi connectivity index (χ1) is 9.88. The fourth-order valence-electron chi connectivity index (χ4n) is 2.36. The van der Waals surface area contributed by atoms with Crippen LogP contribution in [0, 0.1) is 11.3 Å². The molecule has 3 N–H and O–H groups in total. The van der Waals surface area contributed by atoms with Gasteiger partial charge in [-0.25, -0.2) is 4.79 Å². The van der Waals surface area contributed by atoms with Crippen molar-refractivity contribution in [2.45, 2.75) is 58.8 Å². The van der Waals surface area contributed by atoms with Crippen molar-refractivity contribution in [2.75, 3.05) is 6.61 Å². The van der Waals surface area contributed by atoms with Crippen molar-refractivity contribution < 1.29 is 19.8 Å². The average molecular weight is 297 g/mol. The number of carboxylic acids is 1. The highest BCUT2D eigenvalue weighted by Crippen LogP contribution is 2.51. The van der Waals surface area contributed by atoms with Gasteiger partial charge in [-0.3, -0.25) is 4.79 Å². The number of hydrogen-bond donors (Lipinski definition) is 3. The molecule has 1 aliphatic rings. The Morgan fingerprint density at radius 2 is 1.76 bits per heavy atom. The quantitative estimate of drug-likeness (QED) is 0.427. The maximum Gasteiger partial charge on any atom is 0.352 e. The highest BCUT2D eigenvalue weighted by molar-refractivity contribution is 5.94. The van der Waals surface area contributed by atoms with Gasteiger partial charge in [-0.1, -0.05) is 39.2 Å². The molecule has 0 aromatic carbocycles. The van der Waals surface area contributed by atoms with Gasteiger partial charge >= 0.3 is 5.97 Å². The van der Waals surface area contributed by atoms with E-state index >= 15 is 0 Å². The minimum absolute atomic E-state index is 0.000400. The van der Waals surface area contributed by atoms with Crippen LogP contribution in [0.3, 0.4) is 0 Å². The Labute approximate surface area is 126 Å². The van der Waals surface area contributed by atoms with Gasteiger partial charge in [0.25, 0.3) is 0 Å². The maximum absolute atomic E-state index is 11.9. The number of amides is 1. The highest BCUT2D eigenvalue weighted by atomic mass is 16.4. The normalized spacial score (nSPS) is 20.1. The molecule has 1 amide bonds. The number of aliphatic carboxylic acids is 1. The third kappa shape index (κ3) is 6.29. The maximum atomic E-state index is 11.9. The summed E-state index contributed by atoms with van der Waals surface area (Å²) in [6.07, 6.45) is 7.83. The van der Waals surface area contributed by atoms with Crippen molar-refractivity contribution in [2.24, 2.45) is 11.3 Å². The molecule has 1 saturated carbocycles. The zero-order valence-corrected chi connectivity index (χ0v) is 13.0. The van der Waals surface area contributed by atoms with Crippen LogP contribution < -0.4 is 5.32 Å². The van der Waals surface area contributed by atoms with E-state index in [0.29, 0.717) is 6.42 Å². The number of carboxylic acid groups (broad SMARTS) is 1. The number of aliphatic hydroxyl groups excluding tert-OH is 1. The molecule has 1 fully saturated rings. The van der Waals surface area contributed by atoms with Crippen LogP contribution >= 0.6 is 0 Å². The molecule has 0 saturated heterocycles. The van der Waals surface area contributed by atoms with Gasteiger partial charge in [0, 0.05) is 12.5 Å². The van der Waals surface area contributed by atoms with Crippen molar-refractivity contribution in [3.05, 3.63) is 11.8 Å². The van der Waals surface area contributed by atoms with Crippen LogP contribution in [-0.2, 0) is 9.59 Å². The molecule has 0 heterocycles. The Kier molecular flexibility index (Phi) is 6.89. The smallest absolute Gasteiger partial charge is 0.352 e. The van der Waals surface area contributed by atoms with E-state index in [0.717, 1.165) is 38.5 Å². The highest BCUT2D eigenvalue weighted by Gasteiger charge is 2.50. The van der Waals surface area contributed by atoms with E-state index in [2.05, 4.69) is 5.32 Å². The minimum Gasteiger partial charge on any atom is -0.477 e. The van der Waals surface area contributed by atoms with Crippen molar-refractivity contribution in [3.8, 4) is 0 Å². The van der Waals surface area contributed by atoms with Gasteiger partial charge in [0.1, 0.15) is 5.70 Å². The van der Waals surface area contributed by atoms with Crippen LogP contribution in [0.4, 0.5) is 0 Å². The molecule has 1 atom stereocenters. The third-order valence-corrected chi connectivity index (χ3v) is 4.03. The number of rotatable bonds is 10. The van der Waals surface area contributed by atoms with E-state index in [1.165, 1.54) is 0 Å². The van der Waals surface area contributed by atoms with Gasteiger partial charge in [-0.05, 0) is 31.1 Å². The first-order valence-electron chi connectivity index (χ1n) is 7.73. The minimum atomic E-state index is -1.08. The number of hydrogen-bond acceptors (Lipinski definition) is 3. The first kappa shape index (κ1) is 17.7. The lowest BCUT2D eigenvalue weighted by atomic mass is 10.1. The monoisotopic (exact) mass is 297 g/mol. The lowest BCUT2D eigenvalue weighted by Crippen LogP contribution is -2.29. The Hall–Kier alpha value is -1.36. The molecule has 0 spiro atoms. The molecular formula is C16H27NO4. The van der Waals surface area contributed by atoms with Crippen molar-refractivity contribution in [3.63, 3.8) is 0 Å². The molecule has 1 aliphatic carbocycles. The van der Waals surface area contributed by atoms with Gasteiger partial charge < -0.3 is 15.5 Å². The lowest BCUT2D eigenvalue weighted by Gasteiger charge is -2.07. The summed E-state index contributed by atoms with van der Waals surface area (Å²) in [6.45, 7) is 4.24. The van der Waals surface area contributed by atoms with E-state index in [4.69, 9.17) is 10.2 Å². The van der Waals surface area contributed by atoms with Crippen molar-refractivity contribution in [1.82, 2.24) is 5.32 Å². The van der Waals surface area contributed by atoms with Crippen LogP contribution in [0.5, 0.6) is 0 Å². The van der Waals surface area contributed by atoms with Crippen molar-refractivity contribution >= 4 is 11.9 Å². The van der Waals surface area contributed by atoms with Gasteiger partial charge in [0.05, 0.1) is 0 Å². The molecule has 5 heteroatoms. The second-order valence-corrected chi connectivity index (χ2v) is 6.44. The molecule has 0 aliphatic heterocycles. The summed E-state index contributed by atoms with van der Waals surface area (Å²) in [6, 6.07) is 0. The Morgan fingerprint density at radius 1 is 1.19 bits per heavy atom. The molecule has 5 nitrogen and oxygen atoms in total. The zero-order chi connectivity index (χ0) is 15.9. The number of unbranched alkanes of at least 4 members (excludes halogenated alkanes) is 5. The van der Waals surface area contributed by atoms with Gasteiger partial charge in [-0.15, -0.1) is 0 Å². The SMILES string of the molecule is CC1(C)CC1C(=O)NC(=CCCCCCCCO)C(=O)O. The summed E-state index contributed by atoms with van der Waals surface area (Å²) in [7, 11) is 0. The van der Waals surface area contributed by atoms with E-state index in [9.17, 15) is 9.59 Å². The fourth-order valence-corrected chi connectivity index (χ4v) is 2.36. The number of allylic oxidation sites excluding steroid dienone is 1.